The monoisotopic (exact) mass is 1840 g/mol. The van der Waals surface area contributed by atoms with Crippen LogP contribution < -0.4 is 143 Å². The predicted octanol–water partition coefficient (Wildman–Crippen LogP) is 2.45. The van der Waals surface area contributed by atoms with Crippen LogP contribution in [0.25, 0.3) is 48.6 Å². The Kier molecular flexibility index (Phi) is 40.4. The fraction of sp³-hybridized carbons (Fsp3) is 0.390. The van der Waals surface area contributed by atoms with Crippen LogP contribution in [-0.2, 0) is 67.6 Å². The van der Waals surface area contributed by atoms with E-state index in [0.29, 0.717) is 37.9 Å². The molecule has 0 aliphatic carbocycles. The Balaban J connectivity index is 0.00000468. The van der Waals surface area contributed by atoms with E-state index in [2.05, 4.69) is 212 Å². The molecule has 0 saturated carbocycles. The average Bonchev–Trinajstić information content (AvgIpc) is 0.947. The lowest BCUT2D eigenvalue weighted by molar-refractivity contribution is -0.671. The number of aromatic nitrogens is 8. The Morgan fingerprint density at radius 1 is 0.304 bits per heavy atom. The first kappa shape index (κ1) is 86.2. The number of ether oxygens (including phenoxy) is 6. The molecule has 9 rings (SSSR count). The Morgan fingerprint density at radius 2 is 0.529 bits per heavy atom. The Morgan fingerprint density at radius 3 is 0.755 bits per heavy atom. The molecule has 0 saturated heterocycles. The van der Waals surface area contributed by atoms with Crippen molar-refractivity contribution in [3.05, 3.63) is 215 Å². The third kappa shape index (κ3) is 29.2. The zero-order valence-electron chi connectivity index (χ0n) is 60.4. The summed E-state index contributed by atoms with van der Waals surface area (Å²) in [4.78, 5) is 0. The van der Waals surface area contributed by atoms with Crippen LogP contribution in [-0.4, -0.2) is 69.1 Å². The van der Waals surface area contributed by atoms with Gasteiger partial charge in [-0.05, 0) is 161 Å². The minimum Gasteiger partial charge on any atom is -1.00 e. The number of methoxy groups -OCH3 is 2. The highest BCUT2D eigenvalue weighted by Gasteiger charge is 2.16. The number of aliphatic hydroxyl groups is 2. The molecule has 0 amide bonds. The third-order valence-corrected chi connectivity index (χ3v) is 17.6. The number of hydrogen-bond acceptors (Lipinski definition) is 8. The lowest BCUT2D eigenvalue weighted by Crippen LogP contribution is -3.00. The van der Waals surface area contributed by atoms with Crippen LogP contribution in [0.2, 0.25) is 0 Å². The van der Waals surface area contributed by atoms with Crippen molar-refractivity contribution in [3.63, 3.8) is 0 Å². The molecule has 20 heteroatoms. The Labute approximate surface area is 674 Å². The molecule has 0 aliphatic rings. The van der Waals surface area contributed by atoms with Gasteiger partial charge >= 0.3 is 0 Å². The lowest BCUT2D eigenvalue weighted by atomic mass is 10.0. The molecule has 5 aromatic carbocycles. The van der Waals surface area contributed by atoms with Crippen molar-refractivity contribution in [1.82, 2.24) is 18.3 Å². The lowest BCUT2D eigenvalue weighted by Gasteiger charge is -2.16. The number of aryl methyl sites for hydroxylation is 8. The number of hydrogen-bond donors (Lipinski definition) is 2. The van der Waals surface area contributed by atoms with Gasteiger partial charge in [0.05, 0.1) is 108 Å². The molecule has 0 radical (unpaired) electrons. The summed E-state index contributed by atoms with van der Waals surface area (Å²) >= 11 is 0. The summed E-state index contributed by atoms with van der Waals surface area (Å²) in [6.45, 7) is 6.24. The number of nitrogens with zero attached hydrogens (tertiary/aromatic N) is 8. The van der Waals surface area contributed by atoms with E-state index in [9.17, 15) is 10.2 Å². The molecular weight excluding hydrogens is 1730 g/mol. The van der Waals surface area contributed by atoms with Gasteiger partial charge in [0, 0.05) is 33.4 Å². The number of aliphatic hydroxyl groups excluding tert-OH is 2. The van der Waals surface area contributed by atoms with Crippen molar-refractivity contribution in [1.29, 1.82) is 0 Å². The van der Waals surface area contributed by atoms with Crippen molar-refractivity contribution in [2.24, 2.45) is 28.2 Å². The number of halogens is 4. The highest BCUT2D eigenvalue weighted by atomic mass is 127. The van der Waals surface area contributed by atoms with E-state index >= 15 is 0 Å². The number of imidazole rings is 4. The highest BCUT2D eigenvalue weighted by Crippen LogP contribution is 2.38. The maximum Gasteiger partial charge on any atom is 0.243 e. The molecule has 9 aromatic rings. The van der Waals surface area contributed by atoms with Gasteiger partial charge in [0.15, 0.2) is 0 Å². The number of rotatable bonds is 44. The summed E-state index contributed by atoms with van der Waals surface area (Å²) in [6, 6.07) is 28.4. The van der Waals surface area contributed by atoms with E-state index in [-0.39, 0.29) is 109 Å². The zero-order valence-corrected chi connectivity index (χ0v) is 69.1. The van der Waals surface area contributed by atoms with Crippen LogP contribution in [0.3, 0.4) is 0 Å². The van der Waals surface area contributed by atoms with Gasteiger partial charge in [-0.1, -0.05) is 97.1 Å². The number of benzene rings is 5. The normalized spacial score (nSPS) is 11.3. The van der Waals surface area contributed by atoms with Crippen molar-refractivity contribution in [2.45, 2.75) is 142 Å². The zero-order chi connectivity index (χ0) is 68.5. The highest BCUT2D eigenvalue weighted by molar-refractivity contribution is 5.84. The molecule has 0 fully saturated rings. The van der Waals surface area contributed by atoms with Crippen LogP contribution in [0.5, 0.6) is 34.5 Å². The van der Waals surface area contributed by atoms with Gasteiger partial charge in [-0.25, -0.2) is 36.5 Å². The largest absolute Gasteiger partial charge is 1.00 e. The molecule has 102 heavy (non-hydrogen) atoms. The van der Waals surface area contributed by atoms with Gasteiger partial charge in [0.1, 0.15) is 84.1 Å². The second-order valence-electron chi connectivity index (χ2n) is 25.6. The summed E-state index contributed by atoms with van der Waals surface area (Å²) in [5.74, 6) is 4.40. The van der Waals surface area contributed by atoms with Crippen molar-refractivity contribution < 1.29 is 153 Å². The van der Waals surface area contributed by atoms with E-state index in [1.54, 1.807) is 14.2 Å². The SMILES string of the molecule is COc1cc(/C=C/c2cc(OCCCCCCn3cc[n+](C)c3)c(/C=C/c3ccc(CO)cc3)cc2OCCCCCCn2cc[n+](C)c2)c(OC)cc1/C=C/c1cc(OCCCCCCn2cc[n+](C)c2)c(/C=C/c2ccc(CO)cc2)cc1OCCCCCCn1cc[n+](C)c1.[I-].[I-].[I-].[I-]. The molecule has 4 heterocycles. The third-order valence-electron chi connectivity index (χ3n) is 17.6. The van der Waals surface area contributed by atoms with Gasteiger partial charge in [-0.15, -0.1) is 0 Å². The number of unbranched alkanes of at least 4 members (excludes halogenated alkanes) is 12. The quantitative estimate of drug-likeness (QED) is 0.0258. The summed E-state index contributed by atoms with van der Waals surface area (Å²) in [7, 11) is 11.6. The maximum absolute atomic E-state index is 9.76. The fourth-order valence-electron chi connectivity index (χ4n) is 11.9. The Bertz CT molecular complexity index is 3730. The smallest absolute Gasteiger partial charge is 0.243 e. The maximum atomic E-state index is 9.76. The van der Waals surface area contributed by atoms with Crippen LogP contribution in [0.1, 0.15) is 158 Å². The van der Waals surface area contributed by atoms with Gasteiger partial charge in [0.25, 0.3) is 0 Å². The molecule has 0 spiro atoms. The van der Waals surface area contributed by atoms with Crippen LogP contribution in [0, 0.1) is 0 Å². The molecule has 0 bridgehead atoms. The van der Waals surface area contributed by atoms with E-state index in [1.165, 1.54) is 0 Å². The first-order valence-corrected chi connectivity index (χ1v) is 35.3. The van der Waals surface area contributed by atoms with Crippen molar-refractivity contribution in [3.8, 4) is 34.5 Å². The molecule has 16 nitrogen and oxygen atoms in total. The molecule has 2 N–H and O–H groups in total. The topological polar surface area (TPSA) is 131 Å². The van der Waals surface area contributed by atoms with Gasteiger partial charge in [-0.2, -0.15) is 0 Å². The minimum absolute atomic E-state index is 0. The second kappa shape index (κ2) is 47.8. The molecule has 550 valence electrons. The molecular formula is C82H106I4N8O8. The predicted molar refractivity (Wildman–Crippen MR) is 391 cm³/mol. The van der Waals surface area contributed by atoms with E-state index in [0.717, 1.165) is 208 Å². The van der Waals surface area contributed by atoms with E-state index in [1.807, 2.05) is 60.7 Å². The van der Waals surface area contributed by atoms with Gasteiger partial charge in [-0.3, -0.25) is 0 Å². The molecule has 4 aromatic heterocycles. The fourth-order valence-corrected chi connectivity index (χ4v) is 11.9. The molecule has 0 unspecified atom stereocenters. The van der Waals surface area contributed by atoms with Crippen LogP contribution >= 0.6 is 0 Å². The summed E-state index contributed by atoms with van der Waals surface area (Å²) < 4.78 is 56.7. The summed E-state index contributed by atoms with van der Waals surface area (Å²) in [5, 5.41) is 19.5. The Hall–Kier alpha value is -6.46. The first-order valence-electron chi connectivity index (χ1n) is 35.3. The average molecular weight is 1840 g/mol. The van der Waals surface area contributed by atoms with Crippen molar-refractivity contribution >= 4 is 48.6 Å². The van der Waals surface area contributed by atoms with Gasteiger partial charge < -0.3 is 135 Å². The van der Waals surface area contributed by atoms with E-state index < -0.39 is 0 Å². The minimum atomic E-state index is -0.00483. The summed E-state index contributed by atoms with van der Waals surface area (Å²) in [5.41, 5.74) is 9.03. The molecule has 0 aliphatic heterocycles. The van der Waals surface area contributed by atoms with E-state index in [4.69, 9.17) is 28.4 Å². The first-order chi connectivity index (χ1) is 48.0. The van der Waals surface area contributed by atoms with Crippen molar-refractivity contribution in [2.75, 3.05) is 40.6 Å². The second-order valence-corrected chi connectivity index (χ2v) is 25.6. The van der Waals surface area contributed by atoms with Crippen LogP contribution in [0.15, 0.2) is 160 Å². The molecule has 0 atom stereocenters. The summed E-state index contributed by atoms with van der Waals surface area (Å²) in [6.07, 6.45) is 58.7. The van der Waals surface area contributed by atoms with Gasteiger partial charge in [0.2, 0.25) is 25.3 Å². The standard InChI is InChI=1S/C82H106N8O8.4HI/c1-83-43-47-87(63-83)39-15-7-11-19-51-95-79-59-75(81(57-73(79)33-31-67-23-27-69(61-91)28-24-67)97-53-21-13-9-17-41-89-49-45-85(3)65-89)37-35-71-55-78(94-6)72(56-77(71)93-5)36-38-76-60-80(96-52-20-12-8-16-40-88-48-44-84(2)64-88)74(34-32-68-25-29-70(62-92)30-26-68)58-82(76)98-54-22-14-10-18-42-90-50-46-86(4)66-90;;;;/h23-38,43-50,55-60,63-66,91-92H,7-22,39-42,51-54,61-62H2,1-6H3;4*1H/q+4;;;;/p-4/b33-31+,34-32+,37-35+,38-36+;;;;. The van der Waals surface area contributed by atoms with Crippen LogP contribution in [0.4, 0.5) is 0 Å².